The average molecular weight is 324 g/mol. The SMILES string of the molecule is C=C[C@@H]1CC[C@H]2[C@@H]3CCc4cc(OC)ccc4[C@H]3[C@@H]3C[C@]12OC3=O. The van der Waals surface area contributed by atoms with Crippen LogP contribution in [0, 0.1) is 23.7 Å². The van der Waals surface area contributed by atoms with E-state index < -0.39 is 0 Å². The molecule has 3 nitrogen and oxygen atoms in total. The summed E-state index contributed by atoms with van der Waals surface area (Å²) in [6.45, 7) is 4.02. The molecule has 2 bridgehead atoms. The zero-order chi connectivity index (χ0) is 16.5. The van der Waals surface area contributed by atoms with Gasteiger partial charge in [0.1, 0.15) is 11.4 Å². The van der Waals surface area contributed by atoms with Crippen molar-refractivity contribution in [3.63, 3.8) is 0 Å². The molecule has 1 spiro atoms. The van der Waals surface area contributed by atoms with Gasteiger partial charge in [0.2, 0.25) is 0 Å². The Kier molecular flexibility index (Phi) is 2.96. The average Bonchev–Trinajstić information content (AvgIpc) is 3.12. The third-order valence-corrected chi connectivity index (χ3v) is 7.33. The van der Waals surface area contributed by atoms with E-state index in [0.717, 1.165) is 31.4 Å². The van der Waals surface area contributed by atoms with Crippen LogP contribution in [0.15, 0.2) is 30.9 Å². The highest BCUT2D eigenvalue weighted by Gasteiger charge is 2.67. The minimum Gasteiger partial charge on any atom is -0.497 e. The number of hydrogen-bond acceptors (Lipinski definition) is 3. The standard InChI is InChI=1S/C21H24O3/c1-3-13-5-9-18-16-7-4-12-10-14(23-2)6-8-15(12)19(16)17-11-21(13,18)24-20(17)22/h3,6,8,10,13,16-19H,1,4-5,7,9,11H2,2H3/t13-,16+,17+,18+,19-,21+/m1/s1. The van der Waals surface area contributed by atoms with E-state index >= 15 is 0 Å². The molecule has 2 saturated carbocycles. The van der Waals surface area contributed by atoms with Crippen molar-refractivity contribution in [2.75, 3.05) is 7.11 Å². The highest BCUT2D eigenvalue weighted by atomic mass is 16.6. The van der Waals surface area contributed by atoms with E-state index in [-0.39, 0.29) is 17.5 Å². The number of fused-ring (bicyclic) bond motifs is 6. The normalized spacial score (nSPS) is 41.9. The summed E-state index contributed by atoms with van der Waals surface area (Å²) in [6, 6.07) is 6.41. The van der Waals surface area contributed by atoms with Gasteiger partial charge in [-0.05, 0) is 54.9 Å². The van der Waals surface area contributed by atoms with Crippen LogP contribution < -0.4 is 4.74 Å². The second kappa shape index (κ2) is 4.87. The number of carbonyl (C=O) groups excluding carboxylic acids is 1. The van der Waals surface area contributed by atoms with Gasteiger partial charge < -0.3 is 9.47 Å². The second-order valence-electron chi connectivity index (χ2n) is 8.01. The first-order valence-electron chi connectivity index (χ1n) is 9.20. The predicted octanol–water partition coefficient (Wildman–Crippen LogP) is 3.87. The van der Waals surface area contributed by atoms with Gasteiger partial charge in [-0.15, -0.1) is 6.58 Å². The third kappa shape index (κ3) is 1.66. The van der Waals surface area contributed by atoms with Crippen LogP contribution >= 0.6 is 0 Å². The summed E-state index contributed by atoms with van der Waals surface area (Å²) in [4.78, 5) is 12.8. The number of ether oxygens (including phenoxy) is 2. The molecule has 126 valence electrons. The Balaban J connectivity index is 1.61. The number of methoxy groups -OCH3 is 1. The molecular formula is C21H24O3. The van der Waals surface area contributed by atoms with Crippen LogP contribution in [-0.2, 0) is 16.0 Å². The van der Waals surface area contributed by atoms with Crippen molar-refractivity contribution in [3.05, 3.63) is 42.0 Å². The number of rotatable bonds is 2. The monoisotopic (exact) mass is 324 g/mol. The molecule has 0 amide bonds. The minimum atomic E-state index is -0.241. The maximum atomic E-state index is 12.8. The van der Waals surface area contributed by atoms with Crippen molar-refractivity contribution in [1.82, 2.24) is 0 Å². The molecule has 1 heterocycles. The quantitative estimate of drug-likeness (QED) is 0.612. The molecule has 0 unspecified atom stereocenters. The Morgan fingerprint density at radius 2 is 2.21 bits per heavy atom. The fraction of sp³-hybridized carbons (Fsp3) is 0.571. The van der Waals surface area contributed by atoms with E-state index in [1.54, 1.807) is 7.11 Å². The van der Waals surface area contributed by atoms with Crippen LogP contribution in [0.1, 0.15) is 42.7 Å². The summed E-state index contributed by atoms with van der Waals surface area (Å²) in [5, 5.41) is 0. The van der Waals surface area contributed by atoms with Gasteiger partial charge in [0.25, 0.3) is 0 Å². The van der Waals surface area contributed by atoms with Gasteiger partial charge in [-0.25, -0.2) is 0 Å². The van der Waals surface area contributed by atoms with E-state index in [1.807, 2.05) is 12.1 Å². The molecule has 0 aromatic heterocycles. The van der Waals surface area contributed by atoms with E-state index in [0.29, 0.717) is 23.7 Å². The lowest BCUT2D eigenvalue weighted by Crippen LogP contribution is -2.48. The number of aryl methyl sites for hydroxylation is 1. The van der Waals surface area contributed by atoms with Crippen LogP contribution in [0.3, 0.4) is 0 Å². The number of esters is 1. The van der Waals surface area contributed by atoms with E-state index in [4.69, 9.17) is 9.47 Å². The van der Waals surface area contributed by atoms with Crippen LogP contribution in [0.2, 0.25) is 0 Å². The highest BCUT2D eigenvalue weighted by molar-refractivity contribution is 5.78. The molecule has 3 fully saturated rings. The molecule has 1 aliphatic heterocycles. The van der Waals surface area contributed by atoms with Crippen LogP contribution in [0.5, 0.6) is 5.75 Å². The van der Waals surface area contributed by atoms with Gasteiger partial charge in [-0.1, -0.05) is 12.1 Å². The minimum absolute atomic E-state index is 0.0271. The van der Waals surface area contributed by atoms with Gasteiger partial charge >= 0.3 is 5.97 Å². The van der Waals surface area contributed by atoms with Crippen molar-refractivity contribution >= 4 is 5.97 Å². The fourth-order valence-electron chi connectivity index (χ4n) is 6.43. The summed E-state index contributed by atoms with van der Waals surface area (Å²) in [7, 11) is 1.71. The smallest absolute Gasteiger partial charge is 0.310 e. The van der Waals surface area contributed by atoms with Crippen LogP contribution in [-0.4, -0.2) is 18.7 Å². The predicted molar refractivity (Wildman–Crippen MR) is 90.9 cm³/mol. The third-order valence-electron chi connectivity index (χ3n) is 7.33. The molecule has 0 radical (unpaired) electrons. The molecule has 3 heteroatoms. The van der Waals surface area contributed by atoms with Crippen LogP contribution in [0.4, 0.5) is 0 Å². The summed E-state index contributed by atoms with van der Waals surface area (Å²) in [5.41, 5.74) is 2.49. The summed E-state index contributed by atoms with van der Waals surface area (Å²) < 4.78 is 11.5. The maximum absolute atomic E-state index is 12.8. The number of hydrogen-bond donors (Lipinski definition) is 0. The molecule has 4 aliphatic rings. The Labute approximate surface area is 143 Å². The fourth-order valence-corrected chi connectivity index (χ4v) is 6.43. The van der Waals surface area contributed by atoms with Crippen molar-refractivity contribution in [3.8, 4) is 5.75 Å². The van der Waals surface area contributed by atoms with Crippen molar-refractivity contribution < 1.29 is 14.3 Å². The van der Waals surface area contributed by atoms with Crippen LogP contribution in [0.25, 0.3) is 0 Å². The van der Waals surface area contributed by atoms with E-state index in [9.17, 15) is 4.79 Å². The molecule has 24 heavy (non-hydrogen) atoms. The zero-order valence-corrected chi connectivity index (χ0v) is 14.2. The van der Waals surface area contributed by atoms with Crippen molar-refractivity contribution in [2.45, 2.75) is 43.6 Å². The van der Waals surface area contributed by atoms with Gasteiger partial charge in [-0.3, -0.25) is 4.79 Å². The zero-order valence-electron chi connectivity index (χ0n) is 14.2. The summed E-state index contributed by atoms with van der Waals surface area (Å²) in [6.07, 6.45) is 7.46. The van der Waals surface area contributed by atoms with E-state index in [1.165, 1.54) is 17.5 Å². The lowest BCUT2D eigenvalue weighted by atomic mass is 9.56. The molecule has 1 aromatic rings. The molecule has 1 aromatic carbocycles. The molecule has 0 N–H and O–H groups in total. The Morgan fingerprint density at radius 1 is 1.33 bits per heavy atom. The lowest BCUT2D eigenvalue weighted by Gasteiger charge is -2.47. The molecule has 6 atom stereocenters. The Bertz CT molecular complexity index is 724. The van der Waals surface area contributed by atoms with Crippen molar-refractivity contribution in [2.24, 2.45) is 23.7 Å². The van der Waals surface area contributed by atoms with Gasteiger partial charge in [0, 0.05) is 24.2 Å². The maximum Gasteiger partial charge on any atom is 0.310 e. The first kappa shape index (κ1) is 14.6. The van der Waals surface area contributed by atoms with Gasteiger partial charge in [0.15, 0.2) is 0 Å². The number of benzene rings is 1. The Morgan fingerprint density at radius 3 is 3.00 bits per heavy atom. The van der Waals surface area contributed by atoms with E-state index in [2.05, 4.69) is 18.7 Å². The van der Waals surface area contributed by atoms with Crippen molar-refractivity contribution in [1.29, 1.82) is 0 Å². The largest absolute Gasteiger partial charge is 0.497 e. The molecule has 1 saturated heterocycles. The first-order valence-corrected chi connectivity index (χ1v) is 9.20. The summed E-state index contributed by atoms with van der Waals surface area (Å²) >= 11 is 0. The molecular weight excluding hydrogens is 300 g/mol. The Hall–Kier alpha value is -1.77. The lowest BCUT2D eigenvalue weighted by molar-refractivity contribution is -0.154. The number of carbonyl (C=O) groups is 1. The van der Waals surface area contributed by atoms with Gasteiger partial charge in [-0.2, -0.15) is 0 Å². The van der Waals surface area contributed by atoms with Gasteiger partial charge in [0.05, 0.1) is 13.0 Å². The second-order valence-corrected chi connectivity index (χ2v) is 8.01. The molecule has 3 aliphatic carbocycles. The highest BCUT2D eigenvalue weighted by Crippen LogP contribution is 2.65. The summed E-state index contributed by atoms with van der Waals surface area (Å²) in [5.74, 6) is 2.72. The topological polar surface area (TPSA) is 35.5 Å². The first-order chi connectivity index (χ1) is 11.7. The molecule has 5 rings (SSSR count).